The number of carbonyl (C=O) groups is 1. The number of alkyl halides is 3. The van der Waals surface area contributed by atoms with E-state index < -0.39 is 12.6 Å². The maximum Gasteiger partial charge on any atom is 0.390 e. The van der Waals surface area contributed by atoms with Crippen molar-refractivity contribution in [1.29, 1.82) is 0 Å². The van der Waals surface area contributed by atoms with Crippen molar-refractivity contribution in [2.45, 2.75) is 31.9 Å². The van der Waals surface area contributed by atoms with E-state index in [2.05, 4.69) is 15.0 Å². The van der Waals surface area contributed by atoms with Crippen LogP contribution >= 0.6 is 0 Å². The number of imidazole rings is 1. The van der Waals surface area contributed by atoms with E-state index in [4.69, 9.17) is 0 Å². The average molecular weight is 431 g/mol. The highest BCUT2D eigenvalue weighted by Gasteiger charge is 2.30. The van der Waals surface area contributed by atoms with Gasteiger partial charge in [0.15, 0.2) is 0 Å². The number of hydrogen-bond acceptors (Lipinski definition) is 5. The molecule has 9 heteroatoms. The summed E-state index contributed by atoms with van der Waals surface area (Å²) in [6, 6.07) is 3.87. The van der Waals surface area contributed by atoms with Crippen LogP contribution in [0.4, 0.5) is 13.2 Å². The number of aryl methyl sites for hydroxylation is 1. The van der Waals surface area contributed by atoms with E-state index in [1.807, 2.05) is 23.7 Å². The number of Topliss-reactive ketones (excluding diaryl/α,β-unsaturated/α-hetero) is 1. The molecular formula is C22H24F3N5O. The smallest absolute Gasteiger partial charge is 0.332 e. The lowest BCUT2D eigenvalue weighted by molar-refractivity contribution is -0.139. The summed E-state index contributed by atoms with van der Waals surface area (Å²) >= 11 is 0. The van der Waals surface area contributed by atoms with Crippen molar-refractivity contribution in [3.05, 3.63) is 42.7 Å². The second-order valence-electron chi connectivity index (χ2n) is 8.11. The molecular weight excluding hydrogens is 407 g/mol. The van der Waals surface area contributed by atoms with Gasteiger partial charge in [0.25, 0.3) is 0 Å². The summed E-state index contributed by atoms with van der Waals surface area (Å²) in [5.41, 5.74) is 2.38. The summed E-state index contributed by atoms with van der Waals surface area (Å²) in [4.78, 5) is 27.6. The minimum absolute atomic E-state index is 0.00364. The van der Waals surface area contributed by atoms with Crippen LogP contribution in [0.3, 0.4) is 0 Å². The molecule has 0 aromatic carbocycles. The fraction of sp³-hybridized carbons (Fsp3) is 0.455. The third-order valence-corrected chi connectivity index (χ3v) is 5.85. The van der Waals surface area contributed by atoms with Crippen LogP contribution in [0.1, 0.15) is 25.0 Å². The first-order valence-corrected chi connectivity index (χ1v) is 10.3. The Morgan fingerprint density at radius 2 is 1.84 bits per heavy atom. The van der Waals surface area contributed by atoms with Crippen LogP contribution in [0.5, 0.6) is 0 Å². The minimum atomic E-state index is -4.14. The molecule has 164 valence electrons. The molecule has 0 amide bonds. The summed E-state index contributed by atoms with van der Waals surface area (Å²) in [7, 11) is 1.90. The lowest BCUT2D eigenvalue weighted by Gasteiger charge is -2.31. The maximum absolute atomic E-state index is 12.8. The Hall–Kier alpha value is -2.81. The normalized spacial score (nSPS) is 16.1. The molecule has 1 aliphatic heterocycles. The number of ketones is 1. The Morgan fingerprint density at radius 1 is 1.10 bits per heavy atom. The Labute approximate surface area is 178 Å². The largest absolute Gasteiger partial charge is 0.390 e. The molecule has 3 aromatic heterocycles. The van der Waals surface area contributed by atoms with Crippen molar-refractivity contribution in [2.75, 3.05) is 19.6 Å². The van der Waals surface area contributed by atoms with Crippen molar-refractivity contribution in [2.24, 2.45) is 13.0 Å². The molecule has 0 spiro atoms. The van der Waals surface area contributed by atoms with Crippen molar-refractivity contribution in [3.8, 4) is 11.4 Å². The van der Waals surface area contributed by atoms with Gasteiger partial charge in [-0.25, -0.2) is 4.98 Å². The highest BCUT2D eigenvalue weighted by Crippen LogP contribution is 2.25. The molecule has 1 aliphatic rings. The van der Waals surface area contributed by atoms with Crippen LogP contribution in [-0.2, 0) is 18.3 Å². The highest BCUT2D eigenvalue weighted by molar-refractivity contribution is 5.87. The van der Waals surface area contributed by atoms with Crippen LogP contribution in [0.2, 0.25) is 0 Å². The van der Waals surface area contributed by atoms with Gasteiger partial charge >= 0.3 is 6.18 Å². The summed E-state index contributed by atoms with van der Waals surface area (Å²) in [6.07, 6.45) is 3.42. The van der Waals surface area contributed by atoms with Gasteiger partial charge in [-0.1, -0.05) is 0 Å². The van der Waals surface area contributed by atoms with Gasteiger partial charge in [-0.3, -0.25) is 14.8 Å². The number of pyridine rings is 2. The van der Waals surface area contributed by atoms with Gasteiger partial charge in [0.1, 0.15) is 5.78 Å². The first-order valence-electron chi connectivity index (χ1n) is 10.3. The number of fused-ring (bicyclic) bond motifs is 1. The zero-order valence-electron chi connectivity index (χ0n) is 17.3. The predicted molar refractivity (Wildman–Crippen MR) is 110 cm³/mol. The number of aromatic nitrogens is 4. The summed E-state index contributed by atoms with van der Waals surface area (Å²) in [5, 5.41) is 1.84. The quantitative estimate of drug-likeness (QED) is 0.594. The Kier molecular flexibility index (Phi) is 6.04. The second kappa shape index (κ2) is 8.74. The third-order valence-electron chi connectivity index (χ3n) is 5.85. The lowest BCUT2D eigenvalue weighted by Crippen LogP contribution is -2.38. The van der Waals surface area contributed by atoms with E-state index in [1.165, 1.54) is 0 Å². The number of rotatable bonds is 6. The van der Waals surface area contributed by atoms with Gasteiger partial charge in [0, 0.05) is 49.4 Å². The van der Waals surface area contributed by atoms with Crippen molar-refractivity contribution in [3.63, 3.8) is 0 Å². The van der Waals surface area contributed by atoms with E-state index in [0.717, 1.165) is 22.2 Å². The fourth-order valence-corrected chi connectivity index (χ4v) is 4.01. The topological polar surface area (TPSA) is 63.9 Å². The zero-order valence-corrected chi connectivity index (χ0v) is 17.3. The number of nitrogens with zero attached hydrogens (tertiary/aromatic N) is 5. The number of halogens is 3. The second-order valence-corrected chi connectivity index (χ2v) is 8.11. The molecule has 31 heavy (non-hydrogen) atoms. The van der Waals surface area contributed by atoms with Crippen molar-refractivity contribution in [1.82, 2.24) is 24.4 Å². The first-order chi connectivity index (χ1) is 14.8. The van der Waals surface area contributed by atoms with Crippen molar-refractivity contribution >= 4 is 16.6 Å². The molecule has 0 saturated carbocycles. The van der Waals surface area contributed by atoms with E-state index in [0.29, 0.717) is 31.6 Å². The molecule has 1 fully saturated rings. The van der Waals surface area contributed by atoms with E-state index in [9.17, 15) is 18.0 Å². The van der Waals surface area contributed by atoms with Crippen LogP contribution in [0.25, 0.3) is 22.2 Å². The number of hydrogen-bond donors (Lipinski definition) is 0. The molecule has 4 heterocycles. The Balaban J connectivity index is 1.39. The van der Waals surface area contributed by atoms with Gasteiger partial charge in [0.05, 0.1) is 30.3 Å². The van der Waals surface area contributed by atoms with E-state index in [-0.39, 0.29) is 24.7 Å². The average Bonchev–Trinajstić information content (AvgIpc) is 3.17. The molecule has 6 nitrogen and oxygen atoms in total. The van der Waals surface area contributed by atoms with E-state index >= 15 is 0 Å². The fourth-order valence-electron chi connectivity index (χ4n) is 4.01. The standard InChI is InChI=1S/C22H24F3N5O/c1-29-14-26-13-20(29)19-9-16-8-18(27-11-17(16)12-28-19)10-21(31)15-2-5-30(6-3-15)7-4-22(23,24)25/h8-9,11-15H,2-7,10H2,1H3. The predicted octanol–water partition coefficient (Wildman–Crippen LogP) is 3.81. The van der Waals surface area contributed by atoms with Crippen molar-refractivity contribution < 1.29 is 18.0 Å². The Bertz CT molecular complexity index is 1070. The summed E-state index contributed by atoms with van der Waals surface area (Å²) < 4.78 is 39.1. The molecule has 0 radical (unpaired) electrons. The molecule has 0 unspecified atom stereocenters. The van der Waals surface area contributed by atoms with Crippen LogP contribution < -0.4 is 0 Å². The molecule has 0 atom stereocenters. The summed E-state index contributed by atoms with van der Waals surface area (Å²) in [6.45, 7) is 1.05. The molecule has 3 aromatic rings. The van der Waals surface area contributed by atoms with Crippen LogP contribution in [0, 0.1) is 5.92 Å². The SMILES string of the molecule is Cn1cncc1-c1cc2cc(CC(=O)C3CCN(CCC(F)(F)F)CC3)ncc2cn1. The number of carbonyl (C=O) groups excluding carboxylic acids is 1. The lowest BCUT2D eigenvalue weighted by atomic mass is 9.90. The van der Waals surface area contributed by atoms with Gasteiger partial charge < -0.3 is 9.47 Å². The first kappa shape index (κ1) is 21.4. The van der Waals surface area contributed by atoms with Gasteiger partial charge in [-0.15, -0.1) is 0 Å². The Morgan fingerprint density at radius 3 is 2.52 bits per heavy atom. The molecule has 0 N–H and O–H groups in total. The molecule has 0 bridgehead atoms. The van der Waals surface area contributed by atoms with E-state index in [1.54, 1.807) is 29.8 Å². The highest BCUT2D eigenvalue weighted by atomic mass is 19.4. The molecule has 0 aliphatic carbocycles. The van der Waals surface area contributed by atoms with Gasteiger partial charge in [-0.05, 0) is 43.5 Å². The maximum atomic E-state index is 12.8. The molecule has 1 saturated heterocycles. The van der Waals surface area contributed by atoms with Crippen LogP contribution in [0.15, 0.2) is 37.1 Å². The van der Waals surface area contributed by atoms with Gasteiger partial charge in [0.2, 0.25) is 0 Å². The van der Waals surface area contributed by atoms with Gasteiger partial charge in [-0.2, -0.15) is 13.2 Å². The number of piperidine rings is 1. The minimum Gasteiger partial charge on any atom is -0.332 e. The molecule has 4 rings (SSSR count). The third kappa shape index (κ3) is 5.28. The monoisotopic (exact) mass is 431 g/mol. The zero-order chi connectivity index (χ0) is 22.0. The number of likely N-dealkylation sites (tertiary alicyclic amines) is 1. The van der Waals surface area contributed by atoms with Crippen LogP contribution in [-0.4, -0.2) is 56.0 Å². The summed E-state index contributed by atoms with van der Waals surface area (Å²) in [5.74, 6) is -0.0229.